The van der Waals surface area contributed by atoms with Gasteiger partial charge in [-0.2, -0.15) is 0 Å². The summed E-state index contributed by atoms with van der Waals surface area (Å²) in [4.78, 5) is 14.8. The molecule has 2 aromatic carbocycles. The van der Waals surface area contributed by atoms with E-state index in [-0.39, 0.29) is 5.91 Å². The smallest absolute Gasteiger partial charge is 0.255 e. The fourth-order valence-corrected chi connectivity index (χ4v) is 4.16. The van der Waals surface area contributed by atoms with Gasteiger partial charge in [0.25, 0.3) is 5.91 Å². The Hall–Kier alpha value is -1.70. The van der Waals surface area contributed by atoms with Crippen LogP contribution in [-0.2, 0) is 0 Å². The molecule has 1 heterocycles. The van der Waals surface area contributed by atoms with E-state index in [0.717, 1.165) is 31.5 Å². The van der Waals surface area contributed by atoms with Gasteiger partial charge >= 0.3 is 0 Å². The number of nitrogens with one attached hydrogen (secondary N) is 1. The van der Waals surface area contributed by atoms with Crippen LogP contribution in [0.1, 0.15) is 34.9 Å². The van der Waals surface area contributed by atoms with Gasteiger partial charge in [0.2, 0.25) is 0 Å². The molecule has 1 aliphatic rings. The van der Waals surface area contributed by atoms with E-state index in [1.165, 1.54) is 13.2 Å². The van der Waals surface area contributed by atoms with Gasteiger partial charge in [0.05, 0.1) is 39.5 Å². The molecule has 0 bridgehead atoms. The third kappa shape index (κ3) is 6.18. The molecule has 0 saturated carbocycles. The van der Waals surface area contributed by atoms with Crippen molar-refractivity contribution in [3.63, 3.8) is 0 Å². The molecule has 1 unspecified atom stereocenters. The molecule has 4 N–H and O–H groups in total. The summed E-state index contributed by atoms with van der Waals surface area (Å²) in [6.07, 6.45) is 1.22. The largest absolute Gasteiger partial charge is 0.496 e. The number of ether oxygens (including phenoxy) is 1. The van der Waals surface area contributed by atoms with Crippen LogP contribution in [0.15, 0.2) is 30.3 Å². The lowest BCUT2D eigenvalue weighted by atomic mass is 9.96. The van der Waals surface area contributed by atoms with E-state index in [1.54, 1.807) is 24.3 Å². The Morgan fingerprint density at radius 1 is 1.19 bits per heavy atom. The number of nitrogens with zero attached hydrogens (tertiary/aromatic N) is 1. The highest BCUT2D eigenvalue weighted by Gasteiger charge is 2.23. The number of carbonyl (C=O) groups excluding carboxylic acids is 1. The van der Waals surface area contributed by atoms with Gasteiger partial charge in [-0.1, -0.05) is 40.9 Å². The van der Waals surface area contributed by atoms with Crippen LogP contribution in [0.3, 0.4) is 0 Å². The second-order valence-electron chi connectivity index (χ2n) is 7.72. The maximum Gasteiger partial charge on any atom is 0.255 e. The number of aliphatic hydroxyl groups is 1. The Bertz CT molecular complexity index is 934. The molecule has 1 atom stereocenters. The van der Waals surface area contributed by atoms with Crippen LogP contribution in [0.25, 0.3) is 0 Å². The predicted octanol–water partition coefficient (Wildman–Crippen LogP) is 4.41. The van der Waals surface area contributed by atoms with Crippen molar-refractivity contribution in [2.24, 2.45) is 5.92 Å². The summed E-state index contributed by atoms with van der Waals surface area (Å²) in [6, 6.07) is 8.26. The van der Waals surface area contributed by atoms with Crippen LogP contribution in [0.4, 0.5) is 5.69 Å². The Labute approximate surface area is 197 Å². The SMILES string of the molecule is COc1cc(N)c(Cl)cc1C(=O)NCC1CCN(CC(O)c2ccc(Cl)c(Cl)c2)CC1. The molecule has 1 aliphatic heterocycles. The van der Waals surface area contributed by atoms with E-state index in [2.05, 4.69) is 10.2 Å². The van der Waals surface area contributed by atoms with Gasteiger partial charge in [-0.3, -0.25) is 4.79 Å². The number of hydrogen-bond acceptors (Lipinski definition) is 5. The van der Waals surface area contributed by atoms with Crippen LogP contribution < -0.4 is 15.8 Å². The summed E-state index contributed by atoms with van der Waals surface area (Å²) in [7, 11) is 1.49. The van der Waals surface area contributed by atoms with Crippen LogP contribution in [0.5, 0.6) is 5.75 Å². The summed E-state index contributed by atoms with van der Waals surface area (Å²) in [5.41, 5.74) is 7.26. The highest BCUT2D eigenvalue weighted by Crippen LogP contribution is 2.29. The van der Waals surface area contributed by atoms with Gasteiger partial charge in [-0.25, -0.2) is 0 Å². The molecule has 2 aromatic rings. The third-order valence-corrected chi connectivity index (χ3v) is 6.65. The number of β-amino-alcohol motifs (C(OH)–C–C–N with tert-alkyl or cyclic N) is 1. The summed E-state index contributed by atoms with van der Waals surface area (Å²) in [5, 5.41) is 14.7. The average molecular weight is 487 g/mol. The number of methoxy groups -OCH3 is 1. The lowest BCUT2D eigenvalue weighted by Crippen LogP contribution is -2.40. The molecular formula is C22H26Cl3N3O3. The number of carbonyl (C=O) groups is 1. The second-order valence-corrected chi connectivity index (χ2v) is 8.94. The first-order valence-electron chi connectivity index (χ1n) is 10.0. The van der Waals surface area contributed by atoms with Crippen LogP contribution in [0.2, 0.25) is 15.1 Å². The molecule has 168 valence electrons. The summed E-state index contributed by atoms with van der Waals surface area (Å²) >= 11 is 18.0. The maximum atomic E-state index is 12.6. The van der Waals surface area contributed by atoms with Crippen LogP contribution >= 0.6 is 34.8 Å². The zero-order chi connectivity index (χ0) is 22.5. The Kier molecular flexibility index (Phi) is 8.30. The summed E-state index contributed by atoms with van der Waals surface area (Å²) < 4.78 is 5.25. The molecule has 0 radical (unpaired) electrons. The van der Waals surface area contributed by atoms with E-state index in [9.17, 15) is 9.90 Å². The number of halogens is 3. The first kappa shape index (κ1) is 24.0. The molecular weight excluding hydrogens is 461 g/mol. The van der Waals surface area contributed by atoms with E-state index in [0.29, 0.717) is 51.1 Å². The number of nitrogens with two attached hydrogens (primary N) is 1. The van der Waals surface area contributed by atoms with Gasteiger partial charge in [0, 0.05) is 19.2 Å². The van der Waals surface area contributed by atoms with Crippen molar-refractivity contribution < 1.29 is 14.6 Å². The van der Waals surface area contributed by atoms with Crippen molar-refractivity contribution in [3.8, 4) is 5.75 Å². The van der Waals surface area contributed by atoms with Crippen LogP contribution in [-0.4, -0.2) is 49.2 Å². The molecule has 1 amide bonds. The van der Waals surface area contributed by atoms with E-state index < -0.39 is 6.10 Å². The monoisotopic (exact) mass is 485 g/mol. The zero-order valence-electron chi connectivity index (χ0n) is 17.2. The number of anilines is 1. The Morgan fingerprint density at radius 2 is 1.90 bits per heavy atom. The number of aliphatic hydroxyl groups excluding tert-OH is 1. The molecule has 3 rings (SSSR count). The maximum absolute atomic E-state index is 12.6. The fraction of sp³-hybridized carbons (Fsp3) is 0.409. The zero-order valence-corrected chi connectivity index (χ0v) is 19.5. The number of benzene rings is 2. The van der Waals surface area contributed by atoms with Gasteiger partial charge < -0.3 is 25.8 Å². The van der Waals surface area contributed by atoms with E-state index in [4.69, 9.17) is 45.3 Å². The lowest BCUT2D eigenvalue weighted by Gasteiger charge is -2.33. The molecule has 31 heavy (non-hydrogen) atoms. The van der Waals surface area contributed by atoms with Gasteiger partial charge in [-0.15, -0.1) is 0 Å². The molecule has 9 heteroatoms. The van der Waals surface area contributed by atoms with Gasteiger partial charge in [0.15, 0.2) is 0 Å². The van der Waals surface area contributed by atoms with Crippen molar-refractivity contribution in [1.29, 1.82) is 0 Å². The first-order valence-corrected chi connectivity index (χ1v) is 11.2. The fourth-order valence-electron chi connectivity index (χ4n) is 3.69. The highest BCUT2D eigenvalue weighted by molar-refractivity contribution is 6.42. The average Bonchev–Trinajstić information content (AvgIpc) is 2.76. The van der Waals surface area contributed by atoms with E-state index >= 15 is 0 Å². The van der Waals surface area contributed by atoms with Crippen molar-refractivity contribution in [3.05, 3.63) is 56.5 Å². The predicted molar refractivity (Wildman–Crippen MR) is 125 cm³/mol. The first-order chi connectivity index (χ1) is 14.8. The summed E-state index contributed by atoms with van der Waals surface area (Å²) in [6.45, 7) is 2.78. The number of amides is 1. The molecule has 0 spiro atoms. The quantitative estimate of drug-likeness (QED) is 0.505. The third-order valence-electron chi connectivity index (χ3n) is 5.58. The van der Waals surface area contributed by atoms with Gasteiger partial charge in [0.1, 0.15) is 5.75 Å². The second kappa shape index (κ2) is 10.7. The normalized spacial score (nSPS) is 16.2. The number of hydrogen-bond donors (Lipinski definition) is 3. The Morgan fingerprint density at radius 3 is 2.55 bits per heavy atom. The highest BCUT2D eigenvalue weighted by atomic mass is 35.5. The van der Waals surface area contributed by atoms with E-state index in [1.807, 2.05) is 0 Å². The van der Waals surface area contributed by atoms with Crippen LogP contribution in [0, 0.1) is 5.92 Å². The molecule has 1 saturated heterocycles. The minimum atomic E-state index is -0.631. The van der Waals surface area contributed by atoms with Crippen molar-refractivity contribution in [2.45, 2.75) is 18.9 Å². The molecule has 6 nitrogen and oxygen atoms in total. The topological polar surface area (TPSA) is 87.8 Å². The minimum Gasteiger partial charge on any atom is -0.496 e. The van der Waals surface area contributed by atoms with Crippen molar-refractivity contribution in [1.82, 2.24) is 10.2 Å². The molecule has 1 fully saturated rings. The number of likely N-dealkylation sites (tertiary alicyclic amines) is 1. The van der Waals surface area contributed by atoms with Gasteiger partial charge in [-0.05, 0) is 55.6 Å². The van der Waals surface area contributed by atoms with Crippen molar-refractivity contribution >= 4 is 46.4 Å². The standard InChI is InChI=1S/C22H26Cl3N3O3/c1-31-21-10-19(26)18(25)9-15(21)22(30)27-11-13-4-6-28(7-5-13)12-20(29)14-2-3-16(23)17(24)8-14/h2-3,8-10,13,20,29H,4-7,11-12,26H2,1H3,(H,27,30). The molecule has 0 aliphatic carbocycles. The Balaban J connectivity index is 1.47. The number of nitrogen functional groups attached to an aromatic ring is 1. The molecule has 0 aromatic heterocycles. The van der Waals surface area contributed by atoms with Crippen molar-refractivity contribution in [2.75, 3.05) is 39.0 Å². The summed E-state index contributed by atoms with van der Waals surface area (Å²) in [5.74, 6) is 0.513. The lowest BCUT2D eigenvalue weighted by molar-refractivity contribution is 0.0851. The number of rotatable bonds is 7. The number of piperidine rings is 1. The minimum absolute atomic E-state index is 0.240.